The summed E-state index contributed by atoms with van der Waals surface area (Å²) in [7, 11) is 1.60. The lowest BCUT2D eigenvalue weighted by molar-refractivity contribution is -0.124. The van der Waals surface area contributed by atoms with Crippen LogP contribution in [0.15, 0.2) is 65.2 Å². The Bertz CT molecular complexity index is 1230. The first-order valence-corrected chi connectivity index (χ1v) is 10.0. The summed E-state index contributed by atoms with van der Waals surface area (Å²) < 4.78 is 16.9. The topological polar surface area (TPSA) is 77.7 Å². The molecule has 0 aliphatic rings. The van der Waals surface area contributed by atoms with Crippen LogP contribution in [-0.2, 0) is 4.79 Å². The highest BCUT2D eigenvalue weighted by atomic mass is 35.5. The van der Waals surface area contributed by atoms with Crippen molar-refractivity contribution in [1.82, 2.24) is 9.97 Å². The zero-order valence-electron chi connectivity index (χ0n) is 16.6. The maximum Gasteiger partial charge on any atom is 0.400 e. The van der Waals surface area contributed by atoms with Crippen molar-refractivity contribution >= 4 is 46.0 Å². The maximum atomic E-state index is 12.7. The Morgan fingerprint density at radius 3 is 2.58 bits per heavy atom. The maximum absolute atomic E-state index is 12.7. The largest absolute Gasteiger partial charge is 0.481 e. The van der Waals surface area contributed by atoms with Crippen LogP contribution in [0.5, 0.6) is 17.6 Å². The van der Waals surface area contributed by atoms with Gasteiger partial charge >= 0.3 is 6.08 Å². The normalized spacial score (nSPS) is 11.9. The molecule has 158 valence electrons. The minimum absolute atomic E-state index is 0.100. The number of carbonyl (C=O) groups is 1. The van der Waals surface area contributed by atoms with Gasteiger partial charge in [-0.3, -0.25) is 9.69 Å². The van der Waals surface area contributed by atoms with Gasteiger partial charge in [0.2, 0.25) is 0 Å². The number of carbonyl (C=O) groups excluding carboxylic acids is 1. The summed E-state index contributed by atoms with van der Waals surface area (Å²) in [6.45, 7) is 1.66. The van der Waals surface area contributed by atoms with E-state index in [1.807, 2.05) is 0 Å². The van der Waals surface area contributed by atoms with E-state index < -0.39 is 6.10 Å². The number of anilines is 1. The van der Waals surface area contributed by atoms with E-state index in [-0.39, 0.29) is 12.0 Å². The fraction of sp³-hybridized carbons (Fsp3) is 0.136. The third-order valence-electron chi connectivity index (χ3n) is 4.41. The molecule has 2 aromatic heterocycles. The quantitative estimate of drug-likeness (QED) is 0.366. The van der Waals surface area contributed by atoms with E-state index in [0.29, 0.717) is 38.5 Å². The zero-order valence-corrected chi connectivity index (χ0v) is 18.1. The predicted octanol–water partition coefficient (Wildman–Crippen LogP) is 5.75. The number of amides is 1. The Morgan fingerprint density at radius 2 is 1.84 bits per heavy atom. The van der Waals surface area contributed by atoms with Crippen LogP contribution in [0.3, 0.4) is 0 Å². The van der Waals surface area contributed by atoms with Crippen molar-refractivity contribution in [2.75, 3.05) is 11.9 Å². The van der Waals surface area contributed by atoms with Crippen LogP contribution in [0.25, 0.3) is 11.1 Å². The number of aromatic nitrogens is 2. The second kappa shape index (κ2) is 8.83. The van der Waals surface area contributed by atoms with E-state index in [0.717, 1.165) is 0 Å². The van der Waals surface area contributed by atoms with Crippen molar-refractivity contribution < 1.29 is 18.7 Å². The van der Waals surface area contributed by atoms with Crippen molar-refractivity contribution in [2.24, 2.45) is 0 Å². The van der Waals surface area contributed by atoms with E-state index in [1.165, 1.54) is 4.90 Å². The summed E-state index contributed by atoms with van der Waals surface area (Å²) in [5.41, 5.74) is 1.18. The molecule has 1 amide bonds. The number of likely N-dealkylation sites (N-methyl/N-ethyl adjacent to an activating group) is 1. The molecule has 31 heavy (non-hydrogen) atoms. The van der Waals surface area contributed by atoms with Crippen molar-refractivity contribution in [1.29, 1.82) is 0 Å². The van der Waals surface area contributed by atoms with Gasteiger partial charge in [0, 0.05) is 24.3 Å². The number of rotatable bonds is 6. The van der Waals surface area contributed by atoms with Crippen LogP contribution >= 0.6 is 23.2 Å². The van der Waals surface area contributed by atoms with Crippen molar-refractivity contribution in [3.63, 3.8) is 0 Å². The number of ether oxygens (including phenoxy) is 2. The number of oxazole rings is 1. The Morgan fingerprint density at radius 1 is 1.10 bits per heavy atom. The van der Waals surface area contributed by atoms with E-state index in [1.54, 1.807) is 74.8 Å². The molecule has 9 heteroatoms. The Kier molecular flexibility index (Phi) is 5.97. The second-order valence-corrected chi connectivity index (χ2v) is 7.48. The number of fused-ring (bicyclic) bond motifs is 1. The number of nitrogens with zero attached hydrogens (tertiary/aromatic N) is 3. The fourth-order valence-electron chi connectivity index (χ4n) is 2.86. The van der Waals surface area contributed by atoms with E-state index in [2.05, 4.69) is 9.97 Å². The highest BCUT2D eigenvalue weighted by Gasteiger charge is 2.22. The van der Waals surface area contributed by atoms with Gasteiger partial charge in [0.15, 0.2) is 17.5 Å². The van der Waals surface area contributed by atoms with Crippen LogP contribution in [0.2, 0.25) is 10.0 Å². The Labute approximate surface area is 188 Å². The van der Waals surface area contributed by atoms with Crippen LogP contribution in [-0.4, -0.2) is 29.0 Å². The Hall–Kier alpha value is -3.29. The fourth-order valence-corrected chi connectivity index (χ4v) is 3.27. The minimum Gasteiger partial charge on any atom is -0.481 e. The molecule has 0 spiro atoms. The first kappa shape index (κ1) is 21.0. The molecule has 0 fully saturated rings. The van der Waals surface area contributed by atoms with E-state index in [9.17, 15) is 4.79 Å². The summed E-state index contributed by atoms with van der Waals surface area (Å²) in [4.78, 5) is 22.4. The molecule has 0 bridgehead atoms. The molecule has 0 saturated carbocycles. The highest BCUT2D eigenvalue weighted by Crippen LogP contribution is 2.28. The SMILES string of the molecule is C[C@@H](Oc1ccc(Oc2nc3ccc(Cl)cc3o2)cc1)C(=O)N(C)c1ncccc1Cl. The summed E-state index contributed by atoms with van der Waals surface area (Å²) in [5, 5.41) is 0.935. The van der Waals surface area contributed by atoms with Crippen LogP contribution < -0.4 is 14.4 Å². The lowest BCUT2D eigenvalue weighted by Crippen LogP contribution is -2.38. The Balaban J connectivity index is 1.40. The molecule has 0 aliphatic carbocycles. The van der Waals surface area contributed by atoms with Crippen LogP contribution in [0, 0.1) is 0 Å². The number of pyridine rings is 1. The third kappa shape index (κ3) is 4.73. The van der Waals surface area contributed by atoms with Gasteiger partial charge in [-0.1, -0.05) is 23.2 Å². The van der Waals surface area contributed by atoms with Gasteiger partial charge in [-0.05, 0) is 55.5 Å². The predicted molar refractivity (Wildman–Crippen MR) is 118 cm³/mol. The molecule has 0 aliphatic heterocycles. The van der Waals surface area contributed by atoms with Gasteiger partial charge < -0.3 is 13.9 Å². The minimum atomic E-state index is -0.753. The molecule has 0 unspecified atom stereocenters. The molecule has 0 radical (unpaired) electrons. The number of hydrogen-bond acceptors (Lipinski definition) is 6. The van der Waals surface area contributed by atoms with Crippen molar-refractivity contribution in [2.45, 2.75) is 13.0 Å². The summed E-state index contributed by atoms with van der Waals surface area (Å²) in [6, 6.07) is 15.3. The van der Waals surface area contributed by atoms with Gasteiger partial charge in [-0.25, -0.2) is 4.98 Å². The first-order valence-electron chi connectivity index (χ1n) is 9.29. The average molecular weight is 458 g/mol. The molecule has 4 aromatic rings. The molecule has 2 aromatic carbocycles. The zero-order chi connectivity index (χ0) is 22.0. The van der Waals surface area contributed by atoms with Crippen molar-refractivity contribution in [3.8, 4) is 17.6 Å². The monoisotopic (exact) mass is 457 g/mol. The van der Waals surface area contributed by atoms with Gasteiger partial charge in [0.25, 0.3) is 5.91 Å². The van der Waals surface area contributed by atoms with Crippen molar-refractivity contribution in [3.05, 3.63) is 70.8 Å². The van der Waals surface area contributed by atoms with Crippen LogP contribution in [0.1, 0.15) is 6.92 Å². The lowest BCUT2D eigenvalue weighted by atomic mass is 10.3. The molecule has 0 saturated heterocycles. The first-order chi connectivity index (χ1) is 14.9. The van der Waals surface area contributed by atoms with E-state index in [4.69, 9.17) is 37.1 Å². The van der Waals surface area contributed by atoms with E-state index >= 15 is 0 Å². The molecule has 2 heterocycles. The van der Waals surface area contributed by atoms with Gasteiger partial charge in [0.05, 0.1) is 5.02 Å². The highest BCUT2D eigenvalue weighted by molar-refractivity contribution is 6.33. The molecule has 7 nitrogen and oxygen atoms in total. The third-order valence-corrected chi connectivity index (χ3v) is 4.94. The summed E-state index contributed by atoms with van der Waals surface area (Å²) >= 11 is 12.1. The molecule has 1 atom stereocenters. The number of hydrogen-bond donors (Lipinski definition) is 0. The lowest BCUT2D eigenvalue weighted by Gasteiger charge is -2.22. The molecular weight excluding hydrogens is 441 g/mol. The smallest absolute Gasteiger partial charge is 0.400 e. The standard InChI is InChI=1S/C22H17Cl2N3O4/c1-13(21(28)27(2)20-17(24)4-3-11-25-20)29-15-6-8-16(9-7-15)30-22-26-18-10-5-14(23)12-19(18)31-22/h3-13H,1-2H3/t13-/m1/s1. The van der Waals surface area contributed by atoms with Gasteiger partial charge in [-0.2, -0.15) is 4.98 Å². The molecular formula is C22H17Cl2N3O4. The van der Waals surface area contributed by atoms with Crippen LogP contribution in [0.4, 0.5) is 5.82 Å². The number of halogens is 2. The molecule has 4 rings (SSSR count). The molecule has 0 N–H and O–H groups in total. The summed E-state index contributed by atoms with van der Waals surface area (Å²) in [5.74, 6) is 1.08. The summed E-state index contributed by atoms with van der Waals surface area (Å²) in [6.07, 6.45) is 0.917. The second-order valence-electron chi connectivity index (χ2n) is 6.63. The van der Waals surface area contributed by atoms with Gasteiger partial charge in [0.1, 0.15) is 17.0 Å². The van der Waals surface area contributed by atoms with Gasteiger partial charge in [-0.15, -0.1) is 0 Å². The number of benzene rings is 2. The average Bonchev–Trinajstić information content (AvgIpc) is 3.15.